The van der Waals surface area contributed by atoms with Gasteiger partial charge in [0.25, 0.3) is 0 Å². The molecule has 0 aromatic heterocycles. The maximum atomic E-state index is 12.0. The first-order valence-electron chi connectivity index (χ1n) is 7.89. The van der Waals surface area contributed by atoms with Gasteiger partial charge in [0.15, 0.2) is 0 Å². The zero-order valence-corrected chi connectivity index (χ0v) is 15.4. The van der Waals surface area contributed by atoms with Crippen molar-refractivity contribution in [2.24, 2.45) is 0 Å². The van der Waals surface area contributed by atoms with Gasteiger partial charge in [-0.3, -0.25) is 9.69 Å². The molecule has 1 amide bonds. The van der Waals surface area contributed by atoms with Crippen LogP contribution in [0.5, 0.6) is 0 Å². The molecule has 1 aliphatic heterocycles. The van der Waals surface area contributed by atoms with E-state index in [1.54, 1.807) is 11.8 Å². The van der Waals surface area contributed by atoms with Crippen molar-refractivity contribution >= 4 is 29.3 Å². The van der Waals surface area contributed by atoms with Crippen LogP contribution in [-0.2, 0) is 15.3 Å². The fraction of sp³-hybridized carbons (Fsp3) is 0.588. The number of carbonyl (C=O) groups is 1. The standard InChI is InChI=1S/C17H25ClN2O2S/c1-17(2,20-6-8-22-9-7-20)13-19-16(21)12-23-11-14-4-3-5-15(18)10-14/h3-5,10H,6-9,11-13H2,1-2H3,(H,19,21). The lowest BCUT2D eigenvalue weighted by Gasteiger charge is -2.40. The number of benzene rings is 1. The highest BCUT2D eigenvalue weighted by molar-refractivity contribution is 7.99. The van der Waals surface area contributed by atoms with Gasteiger partial charge >= 0.3 is 0 Å². The van der Waals surface area contributed by atoms with Crippen LogP contribution in [0.25, 0.3) is 0 Å². The number of nitrogens with one attached hydrogen (secondary N) is 1. The molecule has 1 fully saturated rings. The number of hydrogen-bond acceptors (Lipinski definition) is 4. The number of morpholine rings is 1. The third kappa shape index (κ3) is 6.34. The van der Waals surface area contributed by atoms with Crippen LogP contribution in [0.15, 0.2) is 24.3 Å². The van der Waals surface area contributed by atoms with E-state index in [9.17, 15) is 4.79 Å². The van der Waals surface area contributed by atoms with Crippen LogP contribution in [0.4, 0.5) is 0 Å². The van der Waals surface area contributed by atoms with E-state index in [1.165, 1.54) is 0 Å². The Morgan fingerprint density at radius 1 is 1.39 bits per heavy atom. The molecule has 23 heavy (non-hydrogen) atoms. The molecular formula is C17H25ClN2O2S. The highest BCUT2D eigenvalue weighted by Gasteiger charge is 2.28. The van der Waals surface area contributed by atoms with Crippen molar-refractivity contribution in [2.45, 2.75) is 25.1 Å². The number of rotatable bonds is 7. The van der Waals surface area contributed by atoms with Gasteiger partial charge in [-0.25, -0.2) is 0 Å². The lowest BCUT2D eigenvalue weighted by molar-refractivity contribution is -0.119. The van der Waals surface area contributed by atoms with E-state index in [2.05, 4.69) is 24.1 Å². The molecular weight excluding hydrogens is 332 g/mol. The highest BCUT2D eigenvalue weighted by Crippen LogP contribution is 2.17. The number of halogens is 1. The SMILES string of the molecule is CC(C)(CNC(=O)CSCc1cccc(Cl)c1)N1CCOCC1. The largest absolute Gasteiger partial charge is 0.379 e. The molecule has 1 aromatic carbocycles. The van der Waals surface area contributed by atoms with Crippen LogP contribution < -0.4 is 5.32 Å². The summed E-state index contributed by atoms with van der Waals surface area (Å²) in [5, 5.41) is 3.79. The molecule has 0 radical (unpaired) electrons. The van der Waals surface area contributed by atoms with Crippen LogP contribution in [0.3, 0.4) is 0 Å². The number of amides is 1. The third-order valence-corrected chi connectivity index (χ3v) is 5.22. The van der Waals surface area contributed by atoms with Crippen LogP contribution >= 0.6 is 23.4 Å². The lowest BCUT2D eigenvalue weighted by Crippen LogP contribution is -2.55. The maximum absolute atomic E-state index is 12.0. The Kier molecular flexibility index (Phi) is 7.21. The fourth-order valence-corrected chi connectivity index (χ4v) is 3.55. The van der Waals surface area contributed by atoms with Crippen LogP contribution in [0.1, 0.15) is 19.4 Å². The summed E-state index contributed by atoms with van der Waals surface area (Å²) in [5.74, 6) is 1.34. The van der Waals surface area contributed by atoms with E-state index in [-0.39, 0.29) is 11.4 Å². The Labute approximate surface area is 147 Å². The molecule has 0 bridgehead atoms. The minimum atomic E-state index is -0.0446. The van der Waals surface area contributed by atoms with Crippen LogP contribution in [-0.4, -0.2) is 54.9 Å². The predicted molar refractivity (Wildman–Crippen MR) is 97.1 cm³/mol. The fourth-order valence-electron chi connectivity index (χ4n) is 2.53. The molecule has 1 N–H and O–H groups in total. The molecule has 1 aromatic rings. The number of carbonyl (C=O) groups excluding carboxylic acids is 1. The lowest BCUT2D eigenvalue weighted by atomic mass is 10.0. The average molecular weight is 357 g/mol. The number of nitrogens with zero attached hydrogens (tertiary/aromatic N) is 1. The first-order valence-corrected chi connectivity index (χ1v) is 9.42. The van der Waals surface area contributed by atoms with Gasteiger partial charge in [-0.15, -0.1) is 11.8 Å². The molecule has 1 saturated heterocycles. The second-order valence-electron chi connectivity index (χ2n) is 6.31. The van der Waals surface area contributed by atoms with Crippen molar-refractivity contribution in [3.05, 3.63) is 34.9 Å². The van der Waals surface area contributed by atoms with Gasteiger partial charge in [0.05, 0.1) is 19.0 Å². The maximum Gasteiger partial charge on any atom is 0.230 e. The third-order valence-electron chi connectivity index (χ3n) is 3.98. The molecule has 0 saturated carbocycles. The molecule has 1 heterocycles. The Hall–Kier alpha value is -0.750. The number of thioether (sulfide) groups is 1. The van der Waals surface area contributed by atoms with E-state index >= 15 is 0 Å². The Balaban J connectivity index is 1.68. The Morgan fingerprint density at radius 2 is 2.13 bits per heavy atom. The van der Waals surface area contributed by atoms with Gasteiger partial charge in [-0.1, -0.05) is 23.7 Å². The van der Waals surface area contributed by atoms with Crippen molar-refractivity contribution in [1.82, 2.24) is 10.2 Å². The number of ether oxygens (including phenoxy) is 1. The molecule has 128 valence electrons. The molecule has 0 aliphatic carbocycles. The van der Waals surface area contributed by atoms with Crippen molar-refractivity contribution in [3.8, 4) is 0 Å². The van der Waals surface area contributed by atoms with E-state index in [0.717, 1.165) is 42.6 Å². The summed E-state index contributed by atoms with van der Waals surface area (Å²) in [4.78, 5) is 14.4. The first-order chi connectivity index (χ1) is 11.0. The Morgan fingerprint density at radius 3 is 2.83 bits per heavy atom. The van der Waals surface area contributed by atoms with Crippen LogP contribution in [0, 0.1) is 0 Å². The second kappa shape index (κ2) is 8.92. The summed E-state index contributed by atoms with van der Waals surface area (Å²) in [7, 11) is 0. The summed E-state index contributed by atoms with van der Waals surface area (Å²) in [6, 6.07) is 7.76. The zero-order chi connectivity index (χ0) is 16.7. The molecule has 0 spiro atoms. The van der Waals surface area contributed by atoms with E-state index in [0.29, 0.717) is 12.3 Å². The predicted octanol–water partition coefficient (Wildman–Crippen LogP) is 2.80. The quantitative estimate of drug-likeness (QED) is 0.815. The summed E-state index contributed by atoms with van der Waals surface area (Å²) in [6.45, 7) is 8.37. The van der Waals surface area contributed by atoms with Gasteiger partial charge in [0, 0.05) is 35.9 Å². The summed E-state index contributed by atoms with van der Waals surface area (Å²) < 4.78 is 5.38. The van der Waals surface area contributed by atoms with Gasteiger partial charge in [-0.05, 0) is 31.5 Å². The monoisotopic (exact) mass is 356 g/mol. The molecule has 4 nitrogen and oxygen atoms in total. The second-order valence-corrected chi connectivity index (χ2v) is 7.73. The first kappa shape index (κ1) is 18.6. The molecule has 0 atom stereocenters. The minimum Gasteiger partial charge on any atom is -0.379 e. The molecule has 0 unspecified atom stereocenters. The van der Waals surface area contributed by atoms with Crippen LogP contribution in [0.2, 0.25) is 5.02 Å². The van der Waals surface area contributed by atoms with Crippen molar-refractivity contribution < 1.29 is 9.53 Å². The van der Waals surface area contributed by atoms with Gasteiger partial charge in [0.2, 0.25) is 5.91 Å². The molecule has 6 heteroatoms. The summed E-state index contributed by atoms with van der Waals surface area (Å²) in [5.41, 5.74) is 1.10. The zero-order valence-electron chi connectivity index (χ0n) is 13.8. The highest BCUT2D eigenvalue weighted by atomic mass is 35.5. The topological polar surface area (TPSA) is 41.6 Å². The van der Waals surface area contributed by atoms with E-state index in [1.807, 2.05) is 24.3 Å². The van der Waals surface area contributed by atoms with Crippen molar-refractivity contribution in [1.29, 1.82) is 0 Å². The number of hydrogen-bond donors (Lipinski definition) is 1. The van der Waals surface area contributed by atoms with Gasteiger partial charge in [-0.2, -0.15) is 0 Å². The van der Waals surface area contributed by atoms with Gasteiger partial charge < -0.3 is 10.1 Å². The van der Waals surface area contributed by atoms with E-state index < -0.39 is 0 Å². The van der Waals surface area contributed by atoms with Crippen molar-refractivity contribution in [3.63, 3.8) is 0 Å². The van der Waals surface area contributed by atoms with Crippen molar-refractivity contribution in [2.75, 3.05) is 38.6 Å². The normalized spacial score (nSPS) is 16.3. The summed E-state index contributed by atoms with van der Waals surface area (Å²) >= 11 is 7.56. The van der Waals surface area contributed by atoms with Gasteiger partial charge in [0.1, 0.15) is 0 Å². The molecule has 2 rings (SSSR count). The smallest absolute Gasteiger partial charge is 0.230 e. The molecule has 1 aliphatic rings. The van der Waals surface area contributed by atoms with E-state index in [4.69, 9.17) is 16.3 Å². The Bertz CT molecular complexity index is 519. The average Bonchev–Trinajstić information content (AvgIpc) is 2.54. The minimum absolute atomic E-state index is 0.0446. The summed E-state index contributed by atoms with van der Waals surface area (Å²) in [6.07, 6.45) is 0.